The van der Waals surface area contributed by atoms with Crippen molar-refractivity contribution in [1.29, 1.82) is 0 Å². The number of rotatable bonds is 7. The van der Waals surface area contributed by atoms with Gasteiger partial charge in [0.15, 0.2) is 0 Å². The molecule has 1 aliphatic heterocycles. The van der Waals surface area contributed by atoms with Gasteiger partial charge >= 0.3 is 0 Å². The summed E-state index contributed by atoms with van der Waals surface area (Å²) in [4.78, 5) is 28.9. The maximum absolute atomic E-state index is 14.7. The Kier molecular flexibility index (Phi) is 6.75. The van der Waals surface area contributed by atoms with Crippen molar-refractivity contribution in [2.45, 2.75) is 26.0 Å². The van der Waals surface area contributed by atoms with Crippen LogP contribution in [-0.4, -0.2) is 59.9 Å². The number of hydrogen-bond donors (Lipinski definition) is 1. The number of likely N-dealkylation sites (tertiary alicyclic amines) is 1. The Labute approximate surface area is 181 Å². The van der Waals surface area contributed by atoms with E-state index in [1.54, 1.807) is 30.3 Å². The van der Waals surface area contributed by atoms with Crippen molar-refractivity contribution in [3.05, 3.63) is 71.0 Å². The fourth-order valence-corrected chi connectivity index (χ4v) is 3.56. The van der Waals surface area contributed by atoms with E-state index in [0.717, 1.165) is 0 Å². The molecule has 1 amide bonds. The van der Waals surface area contributed by atoms with Crippen molar-refractivity contribution in [1.82, 2.24) is 9.80 Å². The Morgan fingerprint density at radius 3 is 2.35 bits per heavy atom. The number of hydrogen-bond acceptors (Lipinski definition) is 5. The molecule has 7 heteroatoms. The van der Waals surface area contributed by atoms with Crippen molar-refractivity contribution in [2.24, 2.45) is 0 Å². The predicted molar refractivity (Wildman–Crippen MR) is 116 cm³/mol. The Morgan fingerprint density at radius 1 is 1.13 bits per heavy atom. The number of carbonyl (C=O) groups is 2. The zero-order chi connectivity index (χ0) is 22.7. The van der Waals surface area contributed by atoms with Gasteiger partial charge in [-0.25, -0.2) is 4.39 Å². The molecule has 1 atom stereocenters. The lowest BCUT2D eigenvalue weighted by atomic mass is 9.95. The molecule has 6 nitrogen and oxygen atoms in total. The molecule has 1 heterocycles. The third-order valence-corrected chi connectivity index (χ3v) is 5.03. The first-order valence-corrected chi connectivity index (χ1v) is 10.2. The van der Waals surface area contributed by atoms with E-state index in [9.17, 15) is 19.1 Å². The van der Waals surface area contributed by atoms with Gasteiger partial charge in [0.05, 0.1) is 17.7 Å². The summed E-state index contributed by atoms with van der Waals surface area (Å²) >= 11 is 0. The molecule has 0 aromatic heterocycles. The van der Waals surface area contributed by atoms with E-state index in [0.29, 0.717) is 17.9 Å². The first-order valence-electron chi connectivity index (χ1n) is 10.2. The zero-order valence-electron chi connectivity index (χ0n) is 18.1. The lowest BCUT2D eigenvalue weighted by molar-refractivity contribution is -0.140. The highest BCUT2D eigenvalue weighted by atomic mass is 19.1. The SMILES string of the molecule is CC(C)Oc1ccc(/C(O)=C2/C(=O)C(=O)N(CCN(C)C)C2c2ccccc2F)cc1. The maximum atomic E-state index is 14.7. The molecular formula is C24H27FN2O4. The summed E-state index contributed by atoms with van der Waals surface area (Å²) in [5.74, 6) is -1.85. The fourth-order valence-electron chi connectivity index (χ4n) is 3.56. The summed E-state index contributed by atoms with van der Waals surface area (Å²) in [6, 6.07) is 11.6. The van der Waals surface area contributed by atoms with Crippen LogP contribution in [0.5, 0.6) is 5.75 Å². The van der Waals surface area contributed by atoms with E-state index < -0.39 is 23.5 Å². The van der Waals surface area contributed by atoms with Gasteiger partial charge in [-0.15, -0.1) is 0 Å². The first kappa shape index (κ1) is 22.5. The Hall–Kier alpha value is -3.19. The lowest BCUT2D eigenvalue weighted by Gasteiger charge is -2.26. The average Bonchev–Trinajstić information content (AvgIpc) is 2.96. The van der Waals surface area contributed by atoms with Crippen molar-refractivity contribution in [2.75, 3.05) is 27.2 Å². The number of aliphatic hydroxyl groups is 1. The van der Waals surface area contributed by atoms with E-state index in [1.165, 1.54) is 23.1 Å². The summed E-state index contributed by atoms with van der Waals surface area (Å²) in [5, 5.41) is 11.0. The summed E-state index contributed by atoms with van der Waals surface area (Å²) in [7, 11) is 3.69. The standard InChI is InChI=1S/C24H27FN2O4/c1-15(2)31-17-11-9-16(10-12-17)22(28)20-21(18-7-5-6-8-19(18)25)27(14-13-26(3)4)24(30)23(20)29/h5-12,15,21,28H,13-14H2,1-4H3/b22-20-. The van der Waals surface area contributed by atoms with Gasteiger partial charge in [0.2, 0.25) is 0 Å². The van der Waals surface area contributed by atoms with Gasteiger partial charge in [-0.3, -0.25) is 9.59 Å². The van der Waals surface area contributed by atoms with Crippen LogP contribution in [0.25, 0.3) is 5.76 Å². The highest BCUT2D eigenvalue weighted by molar-refractivity contribution is 6.46. The average molecular weight is 426 g/mol. The molecule has 1 saturated heterocycles. The number of carbonyl (C=O) groups excluding carboxylic acids is 2. The summed E-state index contributed by atoms with van der Waals surface area (Å²) in [5.41, 5.74) is 0.399. The molecule has 0 saturated carbocycles. The van der Waals surface area contributed by atoms with Crippen molar-refractivity contribution in [3.8, 4) is 5.75 Å². The second-order valence-electron chi connectivity index (χ2n) is 8.01. The molecule has 0 aliphatic carbocycles. The normalized spacial score (nSPS) is 18.3. The van der Waals surface area contributed by atoms with Gasteiger partial charge in [0.25, 0.3) is 11.7 Å². The van der Waals surface area contributed by atoms with Crippen LogP contribution in [0.3, 0.4) is 0 Å². The van der Waals surface area contributed by atoms with Gasteiger partial charge in [-0.2, -0.15) is 0 Å². The Bertz CT molecular complexity index is 999. The fraction of sp³-hybridized carbons (Fsp3) is 0.333. The highest BCUT2D eigenvalue weighted by Gasteiger charge is 2.46. The van der Waals surface area contributed by atoms with Crippen molar-refractivity contribution < 1.29 is 23.8 Å². The molecule has 1 fully saturated rings. The predicted octanol–water partition coefficient (Wildman–Crippen LogP) is 3.60. The lowest BCUT2D eigenvalue weighted by Crippen LogP contribution is -2.35. The number of ether oxygens (including phenoxy) is 1. The van der Waals surface area contributed by atoms with Crippen LogP contribution >= 0.6 is 0 Å². The smallest absolute Gasteiger partial charge is 0.295 e. The van der Waals surface area contributed by atoms with E-state index in [1.807, 2.05) is 32.8 Å². The van der Waals surface area contributed by atoms with Crippen LogP contribution in [0.15, 0.2) is 54.1 Å². The summed E-state index contributed by atoms with van der Waals surface area (Å²) in [6.07, 6.45) is -0.0116. The molecule has 2 aromatic rings. The molecule has 0 spiro atoms. The van der Waals surface area contributed by atoms with E-state index >= 15 is 0 Å². The van der Waals surface area contributed by atoms with E-state index in [2.05, 4.69) is 0 Å². The quantitative estimate of drug-likeness (QED) is 0.416. The minimum Gasteiger partial charge on any atom is -0.507 e. The topological polar surface area (TPSA) is 70.1 Å². The van der Waals surface area contributed by atoms with Crippen LogP contribution in [-0.2, 0) is 9.59 Å². The largest absolute Gasteiger partial charge is 0.507 e. The number of amides is 1. The van der Waals surface area contributed by atoms with Crippen LogP contribution in [0.1, 0.15) is 31.0 Å². The molecule has 0 bridgehead atoms. The number of halogens is 1. The zero-order valence-corrected chi connectivity index (χ0v) is 18.1. The van der Waals surface area contributed by atoms with Gasteiger partial charge in [0.1, 0.15) is 17.3 Å². The number of likely N-dealkylation sites (N-methyl/N-ethyl adjacent to an activating group) is 1. The number of benzene rings is 2. The summed E-state index contributed by atoms with van der Waals surface area (Å²) in [6.45, 7) is 4.50. The van der Waals surface area contributed by atoms with Crippen LogP contribution in [0.2, 0.25) is 0 Å². The first-order chi connectivity index (χ1) is 14.7. The van der Waals surface area contributed by atoms with Gasteiger partial charge in [0, 0.05) is 24.2 Å². The number of Topliss-reactive ketones (excluding diaryl/α,β-unsaturated/α-hetero) is 1. The minimum absolute atomic E-state index is 0.0116. The molecule has 1 aliphatic rings. The van der Waals surface area contributed by atoms with E-state index in [4.69, 9.17) is 4.74 Å². The molecule has 0 radical (unpaired) electrons. The third-order valence-electron chi connectivity index (χ3n) is 5.03. The minimum atomic E-state index is -1.01. The molecule has 1 N–H and O–H groups in total. The second kappa shape index (κ2) is 9.31. The van der Waals surface area contributed by atoms with Crippen molar-refractivity contribution in [3.63, 3.8) is 0 Å². The van der Waals surface area contributed by atoms with Crippen molar-refractivity contribution >= 4 is 17.4 Å². The Balaban J connectivity index is 2.09. The molecular weight excluding hydrogens is 399 g/mol. The second-order valence-corrected chi connectivity index (χ2v) is 8.01. The van der Waals surface area contributed by atoms with Gasteiger partial charge < -0.3 is 19.6 Å². The van der Waals surface area contributed by atoms with Gasteiger partial charge in [-0.1, -0.05) is 18.2 Å². The molecule has 31 heavy (non-hydrogen) atoms. The highest BCUT2D eigenvalue weighted by Crippen LogP contribution is 2.40. The number of nitrogens with zero attached hydrogens (tertiary/aromatic N) is 2. The Morgan fingerprint density at radius 2 is 1.77 bits per heavy atom. The van der Waals surface area contributed by atoms with Crippen LogP contribution in [0.4, 0.5) is 4.39 Å². The van der Waals surface area contributed by atoms with Gasteiger partial charge in [-0.05, 0) is 58.3 Å². The maximum Gasteiger partial charge on any atom is 0.295 e. The van der Waals surface area contributed by atoms with Crippen LogP contribution < -0.4 is 4.74 Å². The number of aliphatic hydroxyl groups excluding tert-OH is 1. The van der Waals surface area contributed by atoms with E-state index in [-0.39, 0.29) is 29.5 Å². The van der Waals surface area contributed by atoms with Crippen LogP contribution in [0, 0.1) is 5.82 Å². The third kappa shape index (κ3) is 4.77. The molecule has 3 rings (SSSR count). The number of ketones is 1. The molecule has 2 aromatic carbocycles. The molecule has 164 valence electrons. The monoisotopic (exact) mass is 426 g/mol. The molecule has 1 unspecified atom stereocenters. The summed E-state index contributed by atoms with van der Waals surface area (Å²) < 4.78 is 20.3.